The van der Waals surface area contributed by atoms with E-state index in [1.165, 1.54) is 6.92 Å². The molecule has 0 aliphatic carbocycles. The molecule has 0 radical (unpaired) electrons. The summed E-state index contributed by atoms with van der Waals surface area (Å²) >= 11 is 0. The lowest BCUT2D eigenvalue weighted by atomic mass is 10.1. The lowest BCUT2D eigenvalue weighted by Crippen LogP contribution is -2.41. The number of hydrogen-bond donors (Lipinski definition) is 2. The van der Waals surface area contributed by atoms with Gasteiger partial charge in [0.15, 0.2) is 0 Å². The normalized spacial score (nSPS) is 16.9. The van der Waals surface area contributed by atoms with Crippen LogP contribution < -0.4 is 5.32 Å². The smallest absolute Gasteiger partial charge is 0.149 e. The SMILES string of the molecule is CN[C@H](C(C)=O)[C@@H](C)O. The van der Waals surface area contributed by atoms with Crippen molar-refractivity contribution >= 4 is 5.78 Å². The van der Waals surface area contributed by atoms with Gasteiger partial charge in [-0.2, -0.15) is 0 Å². The summed E-state index contributed by atoms with van der Waals surface area (Å²) in [6.07, 6.45) is -0.604. The molecular formula is C6H13NO2. The number of aliphatic hydroxyl groups excluding tert-OH is 1. The number of hydrogen-bond acceptors (Lipinski definition) is 3. The number of aliphatic hydroxyl groups is 1. The van der Waals surface area contributed by atoms with Crippen LogP contribution in [0.3, 0.4) is 0 Å². The molecule has 3 nitrogen and oxygen atoms in total. The molecule has 9 heavy (non-hydrogen) atoms. The van der Waals surface area contributed by atoms with Gasteiger partial charge in [0.2, 0.25) is 0 Å². The van der Waals surface area contributed by atoms with Crippen molar-refractivity contribution in [3.63, 3.8) is 0 Å². The Morgan fingerprint density at radius 3 is 2.11 bits per heavy atom. The van der Waals surface area contributed by atoms with Gasteiger partial charge in [0.1, 0.15) is 5.78 Å². The maximum Gasteiger partial charge on any atom is 0.149 e. The van der Waals surface area contributed by atoms with Crippen LogP contribution in [0.1, 0.15) is 13.8 Å². The number of carbonyl (C=O) groups excluding carboxylic acids is 1. The van der Waals surface area contributed by atoms with Crippen molar-refractivity contribution in [2.75, 3.05) is 7.05 Å². The molecule has 0 heterocycles. The fourth-order valence-corrected chi connectivity index (χ4v) is 0.784. The Morgan fingerprint density at radius 1 is 1.67 bits per heavy atom. The Kier molecular flexibility index (Phi) is 3.42. The van der Waals surface area contributed by atoms with Crippen LogP contribution in [0.15, 0.2) is 0 Å². The molecule has 0 saturated heterocycles. The van der Waals surface area contributed by atoms with Gasteiger partial charge in [0, 0.05) is 0 Å². The number of rotatable bonds is 3. The molecular weight excluding hydrogens is 118 g/mol. The van der Waals surface area contributed by atoms with Gasteiger partial charge in [-0.25, -0.2) is 0 Å². The molecule has 0 aromatic rings. The van der Waals surface area contributed by atoms with Crippen LogP contribution in [-0.2, 0) is 4.79 Å². The Morgan fingerprint density at radius 2 is 2.11 bits per heavy atom. The Balaban J connectivity index is 3.83. The third-order valence-corrected chi connectivity index (χ3v) is 1.23. The van der Waals surface area contributed by atoms with E-state index < -0.39 is 12.1 Å². The maximum absolute atomic E-state index is 10.6. The molecule has 0 saturated carbocycles. The highest BCUT2D eigenvalue weighted by Gasteiger charge is 2.16. The summed E-state index contributed by atoms with van der Waals surface area (Å²) in [6, 6.07) is -0.412. The maximum atomic E-state index is 10.6. The van der Waals surface area contributed by atoms with Crippen LogP contribution in [0, 0.1) is 0 Å². The molecule has 0 bridgehead atoms. The van der Waals surface area contributed by atoms with Gasteiger partial charge in [0.05, 0.1) is 12.1 Å². The third kappa shape index (κ3) is 2.58. The van der Waals surface area contributed by atoms with Crippen molar-refractivity contribution in [2.24, 2.45) is 0 Å². The van der Waals surface area contributed by atoms with Gasteiger partial charge in [-0.3, -0.25) is 4.79 Å². The first-order valence-electron chi connectivity index (χ1n) is 2.95. The van der Waals surface area contributed by atoms with Gasteiger partial charge < -0.3 is 10.4 Å². The van der Waals surface area contributed by atoms with Crippen molar-refractivity contribution in [1.82, 2.24) is 5.32 Å². The first-order valence-corrected chi connectivity index (χ1v) is 2.95. The summed E-state index contributed by atoms with van der Waals surface area (Å²) in [6.45, 7) is 3.04. The van der Waals surface area contributed by atoms with Crippen LogP contribution in [0.2, 0.25) is 0 Å². The molecule has 0 rings (SSSR count). The predicted octanol–water partition coefficient (Wildman–Crippen LogP) is -0.456. The highest BCUT2D eigenvalue weighted by Crippen LogP contribution is 1.91. The highest BCUT2D eigenvalue weighted by molar-refractivity contribution is 5.81. The second-order valence-corrected chi connectivity index (χ2v) is 2.12. The summed E-state index contributed by atoms with van der Waals surface area (Å²) in [4.78, 5) is 10.6. The zero-order chi connectivity index (χ0) is 7.44. The number of carbonyl (C=O) groups is 1. The third-order valence-electron chi connectivity index (χ3n) is 1.23. The van der Waals surface area contributed by atoms with E-state index in [4.69, 9.17) is 5.11 Å². The second-order valence-electron chi connectivity index (χ2n) is 2.12. The highest BCUT2D eigenvalue weighted by atomic mass is 16.3. The van der Waals surface area contributed by atoms with E-state index in [2.05, 4.69) is 5.32 Å². The van der Waals surface area contributed by atoms with E-state index in [0.29, 0.717) is 0 Å². The minimum atomic E-state index is -0.604. The monoisotopic (exact) mass is 131 g/mol. The minimum absolute atomic E-state index is 0.0347. The van der Waals surface area contributed by atoms with Crippen molar-refractivity contribution in [1.29, 1.82) is 0 Å². The zero-order valence-electron chi connectivity index (χ0n) is 6.01. The Bertz CT molecular complexity index is 101. The lowest BCUT2D eigenvalue weighted by molar-refractivity contribution is -0.121. The topological polar surface area (TPSA) is 49.3 Å². The second kappa shape index (κ2) is 3.58. The van der Waals surface area contributed by atoms with E-state index in [1.807, 2.05) is 0 Å². The first kappa shape index (κ1) is 8.59. The molecule has 0 fully saturated rings. The van der Waals surface area contributed by atoms with Gasteiger partial charge >= 0.3 is 0 Å². The summed E-state index contributed by atoms with van der Waals surface area (Å²) in [7, 11) is 1.65. The molecule has 3 heteroatoms. The molecule has 0 spiro atoms. The Hall–Kier alpha value is -0.410. The van der Waals surface area contributed by atoms with Crippen LogP contribution in [0.25, 0.3) is 0 Å². The summed E-state index contributed by atoms with van der Waals surface area (Å²) in [5.41, 5.74) is 0. The largest absolute Gasteiger partial charge is 0.391 e. The van der Waals surface area contributed by atoms with Crippen LogP contribution in [0.5, 0.6) is 0 Å². The summed E-state index contributed by atoms with van der Waals surface area (Å²) < 4.78 is 0. The molecule has 0 aromatic carbocycles. The number of ketones is 1. The molecule has 0 aromatic heterocycles. The van der Waals surface area contributed by atoms with Crippen LogP contribution in [0.4, 0.5) is 0 Å². The van der Waals surface area contributed by atoms with Crippen molar-refractivity contribution in [3.8, 4) is 0 Å². The quantitative estimate of drug-likeness (QED) is 0.545. The van der Waals surface area contributed by atoms with Crippen molar-refractivity contribution in [3.05, 3.63) is 0 Å². The molecule has 0 aliphatic heterocycles. The molecule has 2 atom stereocenters. The summed E-state index contributed by atoms with van der Waals surface area (Å²) in [5, 5.41) is 11.6. The fraction of sp³-hybridized carbons (Fsp3) is 0.833. The van der Waals surface area contributed by atoms with E-state index in [0.717, 1.165) is 0 Å². The average molecular weight is 131 g/mol. The molecule has 0 unspecified atom stereocenters. The molecule has 2 N–H and O–H groups in total. The molecule has 0 aliphatic rings. The minimum Gasteiger partial charge on any atom is -0.391 e. The summed E-state index contributed by atoms with van der Waals surface area (Å²) in [5.74, 6) is -0.0347. The van der Waals surface area contributed by atoms with E-state index >= 15 is 0 Å². The van der Waals surface area contributed by atoms with Gasteiger partial charge in [-0.15, -0.1) is 0 Å². The average Bonchev–Trinajstić information content (AvgIpc) is 1.64. The van der Waals surface area contributed by atoms with E-state index in [-0.39, 0.29) is 5.78 Å². The van der Waals surface area contributed by atoms with Crippen LogP contribution >= 0.6 is 0 Å². The standard InChI is InChI=1S/C6H13NO2/c1-4(8)6(7-3)5(2)9/h4,6-8H,1-3H3/t4-,6+/m1/s1. The van der Waals surface area contributed by atoms with Gasteiger partial charge in [-0.05, 0) is 20.9 Å². The van der Waals surface area contributed by atoms with E-state index in [1.54, 1.807) is 14.0 Å². The fourth-order valence-electron chi connectivity index (χ4n) is 0.784. The van der Waals surface area contributed by atoms with Crippen molar-refractivity contribution in [2.45, 2.75) is 26.0 Å². The molecule has 0 amide bonds. The number of nitrogens with one attached hydrogen (secondary N) is 1. The van der Waals surface area contributed by atoms with E-state index in [9.17, 15) is 4.79 Å². The number of likely N-dealkylation sites (N-methyl/N-ethyl adjacent to an activating group) is 1. The first-order chi connectivity index (χ1) is 4.09. The van der Waals surface area contributed by atoms with Gasteiger partial charge in [-0.1, -0.05) is 0 Å². The lowest BCUT2D eigenvalue weighted by Gasteiger charge is -2.14. The number of Topliss-reactive ketones (excluding diaryl/α,β-unsaturated/α-hetero) is 1. The Labute approximate surface area is 55.1 Å². The molecule has 54 valence electrons. The predicted molar refractivity (Wildman–Crippen MR) is 35.2 cm³/mol. The van der Waals surface area contributed by atoms with Crippen molar-refractivity contribution < 1.29 is 9.90 Å². The van der Waals surface area contributed by atoms with Gasteiger partial charge in [0.25, 0.3) is 0 Å². The zero-order valence-corrected chi connectivity index (χ0v) is 6.01. The van der Waals surface area contributed by atoms with Crippen LogP contribution in [-0.4, -0.2) is 30.1 Å².